The fourth-order valence-electron chi connectivity index (χ4n) is 2.32. The number of ether oxygens (including phenoxy) is 1. The molecule has 8 heteroatoms. The third-order valence-corrected chi connectivity index (χ3v) is 4.25. The number of esters is 1. The summed E-state index contributed by atoms with van der Waals surface area (Å²) >= 11 is 3.34. The quantitative estimate of drug-likeness (QED) is 0.667. The van der Waals surface area contributed by atoms with Gasteiger partial charge in [0.1, 0.15) is 5.76 Å². The number of rotatable bonds is 7. The van der Waals surface area contributed by atoms with Crippen molar-refractivity contribution in [2.45, 2.75) is 19.4 Å². The SMILES string of the molecule is COC(=O)CC(NC(=O)CNC(=O)c1ccoc1C)c1ccc(Br)cc1. The zero-order chi connectivity index (χ0) is 19.1. The Balaban J connectivity index is 1.99. The fourth-order valence-corrected chi connectivity index (χ4v) is 2.58. The number of furan rings is 1. The van der Waals surface area contributed by atoms with Crippen LogP contribution in [0.5, 0.6) is 0 Å². The Morgan fingerprint density at radius 3 is 2.46 bits per heavy atom. The summed E-state index contributed by atoms with van der Waals surface area (Å²) < 4.78 is 10.6. The van der Waals surface area contributed by atoms with Gasteiger partial charge < -0.3 is 19.8 Å². The molecule has 0 bridgehead atoms. The van der Waals surface area contributed by atoms with Gasteiger partial charge in [-0.05, 0) is 30.7 Å². The van der Waals surface area contributed by atoms with E-state index in [-0.39, 0.29) is 13.0 Å². The zero-order valence-electron chi connectivity index (χ0n) is 14.4. The van der Waals surface area contributed by atoms with E-state index in [1.165, 1.54) is 19.4 Å². The van der Waals surface area contributed by atoms with Gasteiger partial charge in [0.15, 0.2) is 0 Å². The third-order valence-electron chi connectivity index (χ3n) is 3.72. The summed E-state index contributed by atoms with van der Waals surface area (Å²) in [4.78, 5) is 35.9. The number of carbonyl (C=O) groups excluding carboxylic acids is 3. The van der Waals surface area contributed by atoms with Crippen molar-refractivity contribution in [2.75, 3.05) is 13.7 Å². The molecular weight excluding hydrogens is 404 g/mol. The lowest BCUT2D eigenvalue weighted by atomic mass is 10.0. The molecule has 0 saturated carbocycles. The lowest BCUT2D eigenvalue weighted by molar-refractivity contribution is -0.141. The number of hydrogen-bond donors (Lipinski definition) is 2. The van der Waals surface area contributed by atoms with E-state index in [1.807, 2.05) is 12.1 Å². The van der Waals surface area contributed by atoms with Crippen LogP contribution in [0.2, 0.25) is 0 Å². The lowest BCUT2D eigenvalue weighted by Gasteiger charge is -2.18. The standard InChI is InChI=1S/C18H19BrN2O5/c1-11-14(7-8-26-11)18(24)20-10-16(22)21-15(9-17(23)25-2)12-3-5-13(19)6-4-12/h3-8,15H,9-10H2,1-2H3,(H,20,24)(H,21,22). The van der Waals surface area contributed by atoms with Gasteiger partial charge in [-0.2, -0.15) is 0 Å². The van der Waals surface area contributed by atoms with E-state index in [0.29, 0.717) is 11.3 Å². The molecule has 1 unspecified atom stereocenters. The zero-order valence-corrected chi connectivity index (χ0v) is 16.0. The van der Waals surface area contributed by atoms with Crippen molar-refractivity contribution in [3.63, 3.8) is 0 Å². The number of halogens is 1. The van der Waals surface area contributed by atoms with Crippen molar-refractivity contribution in [1.29, 1.82) is 0 Å². The first-order valence-corrected chi connectivity index (χ1v) is 8.64. The molecule has 0 fully saturated rings. The van der Waals surface area contributed by atoms with Crippen molar-refractivity contribution in [1.82, 2.24) is 10.6 Å². The summed E-state index contributed by atoms with van der Waals surface area (Å²) in [6, 6.07) is 8.20. The number of carbonyl (C=O) groups is 3. The van der Waals surface area contributed by atoms with E-state index in [4.69, 9.17) is 4.42 Å². The second kappa shape index (κ2) is 9.19. The van der Waals surface area contributed by atoms with Gasteiger partial charge in [0.25, 0.3) is 5.91 Å². The first-order valence-electron chi connectivity index (χ1n) is 7.84. The van der Waals surface area contributed by atoms with Crippen LogP contribution in [0.4, 0.5) is 0 Å². The van der Waals surface area contributed by atoms with Crippen molar-refractivity contribution < 1.29 is 23.5 Å². The topological polar surface area (TPSA) is 97.6 Å². The molecule has 7 nitrogen and oxygen atoms in total. The molecule has 0 radical (unpaired) electrons. The van der Waals surface area contributed by atoms with Gasteiger partial charge in [0, 0.05) is 4.47 Å². The van der Waals surface area contributed by atoms with Crippen LogP contribution < -0.4 is 10.6 Å². The summed E-state index contributed by atoms with van der Waals surface area (Å²) in [5, 5.41) is 5.26. The van der Waals surface area contributed by atoms with E-state index in [9.17, 15) is 14.4 Å². The molecule has 26 heavy (non-hydrogen) atoms. The van der Waals surface area contributed by atoms with E-state index in [2.05, 4.69) is 31.3 Å². The number of methoxy groups -OCH3 is 1. The number of aryl methyl sites for hydroxylation is 1. The maximum atomic E-state index is 12.2. The maximum Gasteiger partial charge on any atom is 0.307 e. The van der Waals surface area contributed by atoms with Gasteiger partial charge >= 0.3 is 5.97 Å². The minimum atomic E-state index is -0.560. The second-order valence-electron chi connectivity index (χ2n) is 5.53. The Morgan fingerprint density at radius 1 is 1.19 bits per heavy atom. The molecule has 2 rings (SSSR count). The van der Waals surface area contributed by atoms with Gasteiger partial charge in [-0.1, -0.05) is 28.1 Å². The number of amides is 2. The Morgan fingerprint density at radius 2 is 1.88 bits per heavy atom. The molecule has 2 aromatic rings. The van der Waals surface area contributed by atoms with Crippen LogP contribution in [0.1, 0.15) is 34.1 Å². The molecule has 1 atom stereocenters. The van der Waals surface area contributed by atoms with Crippen LogP contribution in [0.3, 0.4) is 0 Å². The van der Waals surface area contributed by atoms with Crippen molar-refractivity contribution in [3.05, 3.63) is 58.0 Å². The highest BCUT2D eigenvalue weighted by Crippen LogP contribution is 2.20. The lowest BCUT2D eigenvalue weighted by Crippen LogP contribution is -2.39. The molecule has 2 N–H and O–H groups in total. The smallest absolute Gasteiger partial charge is 0.307 e. The summed E-state index contributed by atoms with van der Waals surface area (Å²) in [7, 11) is 1.29. The average molecular weight is 423 g/mol. The molecule has 0 spiro atoms. The summed E-state index contributed by atoms with van der Waals surface area (Å²) in [6.45, 7) is 1.44. The number of nitrogens with one attached hydrogen (secondary N) is 2. The number of benzene rings is 1. The number of hydrogen-bond acceptors (Lipinski definition) is 5. The largest absolute Gasteiger partial charge is 0.469 e. The minimum Gasteiger partial charge on any atom is -0.469 e. The highest BCUT2D eigenvalue weighted by Gasteiger charge is 2.20. The fraction of sp³-hybridized carbons (Fsp3) is 0.278. The molecule has 1 aromatic carbocycles. The predicted octanol–water partition coefficient (Wildman–Crippen LogP) is 2.50. The van der Waals surface area contributed by atoms with Gasteiger partial charge in [-0.3, -0.25) is 14.4 Å². The second-order valence-corrected chi connectivity index (χ2v) is 6.44. The monoisotopic (exact) mass is 422 g/mol. The summed E-state index contributed by atoms with van der Waals surface area (Å²) in [5.74, 6) is -0.798. The van der Waals surface area contributed by atoms with Gasteiger partial charge in [0.05, 0.1) is 37.9 Å². The Kier molecular flexibility index (Phi) is 6.97. The molecule has 1 heterocycles. The molecular formula is C18H19BrN2O5. The molecule has 0 aliphatic carbocycles. The van der Waals surface area contributed by atoms with E-state index < -0.39 is 23.8 Å². The average Bonchev–Trinajstić information content (AvgIpc) is 3.05. The minimum absolute atomic E-state index is 0.0152. The summed E-state index contributed by atoms with van der Waals surface area (Å²) in [6.07, 6.45) is 1.39. The van der Waals surface area contributed by atoms with Crippen LogP contribution in [-0.4, -0.2) is 31.4 Å². The Hall–Kier alpha value is -2.61. The van der Waals surface area contributed by atoms with Crippen molar-refractivity contribution in [2.24, 2.45) is 0 Å². The van der Waals surface area contributed by atoms with Crippen LogP contribution in [0.25, 0.3) is 0 Å². The van der Waals surface area contributed by atoms with Crippen molar-refractivity contribution >= 4 is 33.7 Å². The molecule has 2 amide bonds. The van der Waals surface area contributed by atoms with E-state index in [1.54, 1.807) is 19.1 Å². The highest BCUT2D eigenvalue weighted by molar-refractivity contribution is 9.10. The normalized spacial score (nSPS) is 11.5. The van der Waals surface area contributed by atoms with E-state index in [0.717, 1.165) is 10.0 Å². The summed E-state index contributed by atoms with van der Waals surface area (Å²) in [5.41, 5.74) is 1.13. The third kappa shape index (κ3) is 5.45. The van der Waals surface area contributed by atoms with Crippen LogP contribution >= 0.6 is 15.9 Å². The molecule has 1 aromatic heterocycles. The van der Waals surface area contributed by atoms with Crippen LogP contribution in [-0.2, 0) is 14.3 Å². The van der Waals surface area contributed by atoms with Crippen molar-refractivity contribution in [3.8, 4) is 0 Å². The maximum absolute atomic E-state index is 12.2. The molecule has 138 valence electrons. The van der Waals surface area contributed by atoms with E-state index >= 15 is 0 Å². The van der Waals surface area contributed by atoms with Gasteiger partial charge in [0.2, 0.25) is 5.91 Å². The highest BCUT2D eigenvalue weighted by atomic mass is 79.9. The Labute approximate surface area is 159 Å². The van der Waals surface area contributed by atoms with Gasteiger partial charge in [-0.25, -0.2) is 0 Å². The van der Waals surface area contributed by atoms with Crippen LogP contribution in [0.15, 0.2) is 45.5 Å². The van der Waals surface area contributed by atoms with Gasteiger partial charge in [-0.15, -0.1) is 0 Å². The first-order chi connectivity index (χ1) is 12.4. The Bertz CT molecular complexity index is 785. The molecule has 0 saturated heterocycles. The predicted molar refractivity (Wildman–Crippen MR) is 97.4 cm³/mol. The van der Waals surface area contributed by atoms with Crippen LogP contribution in [0, 0.1) is 6.92 Å². The first kappa shape index (κ1) is 19.7. The molecule has 0 aliphatic rings. The molecule has 0 aliphatic heterocycles.